The topological polar surface area (TPSA) is 33.0 Å². The monoisotopic (exact) mass is 225 g/mol. The molecule has 2 unspecified atom stereocenters. The Balaban J connectivity index is 2.72. The SMILES string of the molecule is CC1CCCC(C#N)(O[Si](C)(C)C)CC1. The Morgan fingerprint density at radius 1 is 1.27 bits per heavy atom. The zero-order valence-electron chi connectivity index (χ0n) is 10.5. The molecule has 0 N–H and O–H groups in total. The Morgan fingerprint density at radius 2 is 1.93 bits per heavy atom. The second-order valence-electron chi connectivity index (χ2n) is 5.86. The first kappa shape index (κ1) is 12.7. The van der Waals surface area contributed by atoms with Crippen LogP contribution in [0.5, 0.6) is 0 Å². The van der Waals surface area contributed by atoms with Crippen molar-refractivity contribution in [1.29, 1.82) is 5.26 Å². The van der Waals surface area contributed by atoms with Crippen LogP contribution in [0.1, 0.15) is 39.0 Å². The standard InChI is InChI=1S/C12H23NOSi/c1-11-6-5-8-12(10-13,9-7-11)14-15(2,3)4/h11H,5-9H2,1-4H3. The summed E-state index contributed by atoms with van der Waals surface area (Å²) in [6.07, 6.45) is 5.38. The fourth-order valence-corrected chi connectivity index (χ4v) is 3.73. The molecule has 0 bridgehead atoms. The Morgan fingerprint density at radius 3 is 2.47 bits per heavy atom. The summed E-state index contributed by atoms with van der Waals surface area (Å²) in [7, 11) is -1.60. The van der Waals surface area contributed by atoms with E-state index in [4.69, 9.17) is 4.43 Å². The van der Waals surface area contributed by atoms with Crippen molar-refractivity contribution < 1.29 is 4.43 Å². The van der Waals surface area contributed by atoms with Gasteiger partial charge in [0.2, 0.25) is 0 Å². The van der Waals surface area contributed by atoms with E-state index in [1.807, 2.05) is 0 Å². The molecule has 1 rings (SSSR count). The molecule has 0 spiro atoms. The maximum atomic E-state index is 9.36. The van der Waals surface area contributed by atoms with Crippen molar-refractivity contribution in [2.45, 2.75) is 64.3 Å². The van der Waals surface area contributed by atoms with Gasteiger partial charge in [-0.05, 0) is 51.2 Å². The molecule has 0 heterocycles. The van der Waals surface area contributed by atoms with Gasteiger partial charge < -0.3 is 4.43 Å². The van der Waals surface area contributed by atoms with Crippen LogP contribution in [-0.2, 0) is 4.43 Å². The van der Waals surface area contributed by atoms with Crippen molar-refractivity contribution in [1.82, 2.24) is 0 Å². The first-order chi connectivity index (χ1) is 6.87. The fraction of sp³-hybridized carbons (Fsp3) is 0.917. The molecule has 0 radical (unpaired) electrons. The summed E-state index contributed by atoms with van der Waals surface area (Å²) in [5.74, 6) is 0.755. The van der Waals surface area contributed by atoms with E-state index in [9.17, 15) is 5.26 Å². The highest BCUT2D eigenvalue weighted by molar-refractivity contribution is 6.69. The minimum atomic E-state index is -1.60. The predicted molar refractivity (Wildman–Crippen MR) is 65.0 cm³/mol. The summed E-state index contributed by atoms with van der Waals surface area (Å²) in [6, 6.07) is 2.45. The molecule has 1 fully saturated rings. The van der Waals surface area contributed by atoms with Gasteiger partial charge in [-0.15, -0.1) is 0 Å². The quantitative estimate of drug-likeness (QED) is 0.530. The van der Waals surface area contributed by atoms with Crippen LogP contribution in [0.4, 0.5) is 0 Å². The molecule has 0 aromatic carbocycles. The Labute approximate surface area is 94.8 Å². The highest BCUT2D eigenvalue weighted by atomic mass is 28.4. The van der Waals surface area contributed by atoms with Crippen LogP contribution >= 0.6 is 0 Å². The smallest absolute Gasteiger partial charge is 0.185 e. The fourth-order valence-electron chi connectivity index (χ4n) is 2.31. The van der Waals surface area contributed by atoms with Gasteiger partial charge in [-0.3, -0.25) is 0 Å². The van der Waals surface area contributed by atoms with Crippen molar-refractivity contribution in [3.05, 3.63) is 0 Å². The van der Waals surface area contributed by atoms with Gasteiger partial charge in [-0.2, -0.15) is 5.26 Å². The molecule has 1 saturated carbocycles. The van der Waals surface area contributed by atoms with Crippen LogP contribution in [0.25, 0.3) is 0 Å². The average molecular weight is 225 g/mol. The maximum Gasteiger partial charge on any atom is 0.185 e. The predicted octanol–water partition coefficient (Wildman–Crippen LogP) is 3.70. The van der Waals surface area contributed by atoms with Gasteiger partial charge in [-0.1, -0.05) is 13.3 Å². The second-order valence-corrected chi connectivity index (χ2v) is 10.3. The molecule has 0 amide bonds. The molecule has 1 aliphatic carbocycles. The Kier molecular flexibility index (Phi) is 3.97. The third kappa shape index (κ3) is 3.96. The third-order valence-electron chi connectivity index (χ3n) is 3.02. The molecule has 2 nitrogen and oxygen atoms in total. The lowest BCUT2D eigenvalue weighted by molar-refractivity contribution is 0.101. The summed E-state index contributed by atoms with van der Waals surface area (Å²) in [5, 5.41) is 9.36. The number of nitriles is 1. The highest BCUT2D eigenvalue weighted by Crippen LogP contribution is 2.34. The lowest BCUT2D eigenvalue weighted by Gasteiger charge is -2.32. The maximum absolute atomic E-state index is 9.36. The zero-order valence-corrected chi connectivity index (χ0v) is 11.5. The number of hydrogen-bond donors (Lipinski definition) is 0. The molecule has 3 heteroatoms. The molecule has 0 aliphatic heterocycles. The Hall–Kier alpha value is -0.333. The zero-order chi connectivity index (χ0) is 11.5. The first-order valence-electron chi connectivity index (χ1n) is 5.98. The largest absolute Gasteiger partial charge is 0.400 e. The molecule has 0 saturated heterocycles. The van der Waals surface area contributed by atoms with Gasteiger partial charge in [0.1, 0.15) is 5.60 Å². The highest BCUT2D eigenvalue weighted by Gasteiger charge is 2.37. The summed E-state index contributed by atoms with van der Waals surface area (Å²) >= 11 is 0. The van der Waals surface area contributed by atoms with Gasteiger partial charge in [-0.25, -0.2) is 0 Å². The summed E-state index contributed by atoms with van der Waals surface area (Å²) in [6.45, 7) is 8.78. The Bertz CT molecular complexity index is 253. The normalized spacial score (nSPS) is 33.1. The van der Waals surface area contributed by atoms with Crippen molar-refractivity contribution in [2.24, 2.45) is 5.92 Å². The van der Waals surface area contributed by atoms with Crippen molar-refractivity contribution >= 4 is 8.32 Å². The molecular weight excluding hydrogens is 202 g/mol. The van der Waals surface area contributed by atoms with E-state index < -0.39 is 13.9 Å². The van der Waals surface area contributed by atoms with E-state index in [1.54, 1.807) is 0 Å². The lowest BCUT2D eigenvalue weighted by atomic mass is 9.96. The van der Waals surface area contributed by atoms with Gasteiger partial charge in [0.05, 0.1) is 6.07 Å². The van der Waals surface area contributed by atoms with Crippen LogP contribution in [0.15, 0.2) is 0 Å². The second kappa shape index (κ2) is 4.67. The molecule has 15 heavy (non-hydrogen) atoms. The van der Waals surface area contributed by atoms with Gasteiger partial charge >= 0.3 is 0 Å². The molecule has 86 valence electrons. The van der Waals surface area contributed by atoms with Crippen LogP contribution in [0.2, 0.25) is 19.6 Å². The van der Waals surface area contributed by atoms with Crippen LogP contribution in [0.3, 0.4) is 0 Å². The van der Waals surface area contributed by atoms with E-state index in [2.05, 4.69) is 32.6 Å². The van der Waals surface area contributed by atoms with Gasteiger partial charge in [0.25, 0.3) is 0 Å². The number of rotatable bonds is 2. The summed E-state index contributed by atoms with van der Waals surface area (Å²) < 4.78 is 6.12. The third-order valence-corrected chi connectivity index (χ3v) is 4.03. The molecule has 0 aromatic rings. The lowest BCUT2D eigenvalue weighted by Crippen LogP contribution is -2.41. The van der Waals surface area contributed by atoms with E-state index >= 15 is 0 Å². The van der Waals surface area contributed by atoms with E-state index in [-0.39, 0.29) is 0 Å². The number of nitrogens with zero attached hydrogens (tertiary/aromatic N) is 1. The van der Waals surface area contributed by atoms with Gasteiger partial charge in [0.15, 0.2) is 8.32 Å². The van der Waals surface area contributed by atoms with Crippen molar-refractivity contribution in [3.8, 4) is 6.07 Å². The van der Waals surface area contributed by atoms with E-state index in [1.165, 1.54) is 6.42 Å². The molecule has 1 aliphatic rings. The van der Waals surface area contributed by atoms with Crippen molar-refractivity contribution in [3.63, 3.8) is 0 Å². The summed E-state index contributed by atoms with van der Waals surface area (Å²) in [4.78, 5) is 0. The molecule has 2 atom stereocenters. The molecular formula is C12H23NOSi. The van der Waals surface area contributed by atoms with Crippen LogP contribution in [-0.4, -0.2) is 13.9 Å². The minimum absolute atomic E-state index is 0.463. The van der Waals surface area contributed by atoms with Crippen molar-refractivity contribution in [2.75, 3.05) is 0 Å². The summed E-state index contributed by atoms with van der Waals surface area (Å²) in [5.41, 5.74) is -0.463. The minimum Gasteiger partial charge on any atom is -0.400 e. The average Bonchev–Trinajstić information content (AvgIpc) is 2.27. The van der Waals surface area contributed by atoms with Gasteiger partial charge in [0, 0.05) is 0 Å². The molecule has 0 aromatic heterocycles. The van der Waals surface area contributed by atoms with E-state index in [0.29, 0.717) is 0 Å². The van der Waals surface area contributed by atoms with Crippen LogP contribution < -0.4 is 0 Å². The van der Waals surface area contributed by atoms with Crippen LogP contribution in [0, 0.1) is 17.2 Å². The van der Waals surface area contributed by atoms with E-state index in [0.717, 1.165) is 31.6 Å². The first-order valence-corrected chi connectivity index (χ1v) is 9.39. The number of hydrogen-bond acceptors (Lipinski definition) is 2.